The third kappa shape index (κ3) is 1.38. The SMILES string of the molecule is Cc1ccc([C@H]2CC(=O)c3cn[nH]c3C2)o1. The molecular weight excluding hydrogens is 204 g/mol. The number of hydrogen-bond acceptors (Lipinski definition) is 3. The monoisotopic (exact) mass is 216 g/mol. The second-order valence-electron chi connectivity index (χ2n) is 4.24. The van der Waals surface area contributed by atoms with E-state index in [0.717, 1.165) is 29.2 Å². The predicted octanol–water partition coefficient (Wildman–Crippen LogP) is 2.22. The number of furan rings is 1. The van der Waals surface area contributed by atoms with Gasteiger partial charge in [0.2, 0.25) is 0 Å². The minimum atomic E-state index is 0.147. The van der Waals surface area contributed by atoms with Crippen LogP contribution in [0.4, 0.5) is 0 Å². The fourth-order valence-electron chi connectivity index (χ4n) is 2.24. The summed E-state index contributed by atoms with van der Waals surface area (Å²) in [6, 6.07) is 3.89. The first kappa shape index (κ1) is 9.39. The van der Waals surface area contributed by atoms with E-state index in [-0.39, 0.29) is 11.7 Å². The molecule has 0 amide bonds. The van der Waals surface area contributed by atoms with Gasteiger partial charge in [0.15, 0.2) is 5.78 Å². The zero-order chi connectivity index (χ0) is 11.1. The fraction of sp³-hybridized carbons (Fsp3) is 0.333. The summed E-state index contributed by atoms with van der Waals surface area (Å²) in [5.41, 5.74) is 1.66. The average Bonchev–Trinajstić information content (AvgIpc) is 2.85. The van der Waals surface area contributed by atoms with E-state index in [9.17, 15) is 4.79 Å². The van der Waals surface area contributed by atoms with Crippen LogP contribution in [0.2, 0.25) is 0 Å². The minimum Gasteiger partial charge on any atom is -0.466 e. The summed E-state index contributed by atoms with van der Waals surface area (Å²) in [6.45, 7) is 1.91. The summed E-state index contributed by atoms with van der Waals surface area (Å²) < 4.78 is 5.58. The van der Waals surface area contributed by atoms with Gasteiger partial charge in [0.25, 0.3) is 0 Å². The maximum Gasteiger partial charge on any atom is 0.167 e. The van der Waals surface area contributed by atoms with Crippen LogP contribution >= 0.6 is 0 Å². The van der Waals surface area contributed by atoms with Crippen molar-refractivity contribution in [2.24, 2.45) is 0 Å². The molecule has 2 aromatic heterocycles. The summed E-state index contributed by atoms with van der Waals surface area (Å²) in [7, 11) is 0. The van der Waals surface area contributed by atoms with Crippen molar-refractivity contribution in [2.45, 2.75) is 25.7 Å². The molecule has 3 rings (SSSR count). The van der Waals surface area contributed by atoms with E-state index in [4.69, 9.17) is 4.42 Å². The number of carbonyl (C=O) groups is 1. The normalized spacial score (nSPS) is 19.8. The van der Waals surface area contributed by atoms with Gasteiger partial charge in [-0.3, -0.25) is 9.89 Å². The maximum atomic E-state index is 11.8. The molecule has 4 heteroatoms. The second kappa shape index (κ2) is 3.33. The summed E-state index contributed by atoms with van der Waals surface area (Å²) in [5.74, 6) is 2.08. The number of ketones is 1. The zero-order valence-corrected chi connectivity index (χ0v) is 8.99. The number of H-pyrrole nitrogens is 1. The first-order valence-corrected chi connectivity index (χ1v) is 5.36. The van der Waals surface area contributed by atoms with Crippen LogP contribution in [0.5, 0.6) is 0 Å². The quantitative estimate of drug-likeness (QED) is 0.795. The number of aryl methyl sites for hydroxylation is 1. The van der Waals surface area contributed by atoms with Crippen molar-refractivity contribution in [3.63, 3.8) is 0 Å². The number of nitrogens with one attached hydrogen (secondary N) is 1. The Morgan fingerprint density at radius 2 is 2.31 bits per heavy atom. The summed E-state index contributed by atoms with van der Waals surface area (Å²) >= 11 is 0. The van der Waals surface area contributed by atoms with Gasteiger partial charge in [-0.05, 0) is 19.1 Å². The number of nitrogens with zero attached hydrogens (tertiary/aromatic N) is 1. The minimum absolute atomic E-state index is 0.147. The van der Waals surface area contributed by atoms with Crippen LogP contribution in [0, 0.1) is 6.92 Å². The van der Waals surface area contributed by atoms with Crippen LogP contribution in [-0.2, 0) is 6.42 Å². The molecule has 82 valence electrons. The summed E-state index contributed by atoms with van der Waals surface area (Å²) in [6.07, 6.45) is 2.93. The topological polar surface area (TPSA) is 58.9 Å². The maximum absolute atomic E-state index is 11.8. The van der Waals surface area contributed by atoms with Crippen molar-refractivity contribution >= 4 is 5.78 Å². The van der Waals surface area contributed by atoms with Gasteiger partial charge >= 0.3 is 0 Å². The van der Waals surface area contributed by atoms with E-state index < -0.39 is 0 Å². The van der Waals surface area contributed by atoms with E-state index >= 15 is 0 Å². The third-order valence-electron chi connectivity index (χ3n) is 3.06. The fourth-order valence-corrected chi connectivity index (χ4v) is 2.24. The number of carbonyl (C=O) groups excluding carboxylic acids is 1. The van der Waals surface area contributed by atoms with Crippen LogP contribution in [0.15, 0.2) is 22.7 Å². The standard InChI is InChI=1S/C12H12N2O2/c1-7-2-3-12(16-7)8-4-10-9(6-13-14-10)11(15)5-8/h2-3,6,8H,4-5H2,1H3,(H,13,14)/t8-/m1/s1. The highest BCUT2D eigenvalue weighted by atomic mass is 16.3. The van der Waals surface area contributed by atoms with Crippen LogP contribution in [-0.4, -0.2) is 16.0 Å². The first-order valence-electron chi connectivity index (χ1n) is 5.36. The van der Waals surface area contributed by atoms with Crippen molar-refractivity contribution in [3.05, 3.63) is 41.1 Å². The van der Waals surface area contributed by atoms with Crippen molar-refractivity contribution in [2.75, 3.05) is 0 Å². The Morgan fingerprint density at radius 3 is 3.06 bits per heavy atom. The van der Waals surface area contributed by atoms with Crippen molar-refractivity contribution in [3.8, 4) is 0 Å². The van der Waals surface area contributed by atoms with Crippen molar-refractivity contribution < 1.29 is 9.21 Å². The van der Waals surface area contributed by atoms with Crippen LogP contribution in [0.25, 0.3) is 0 Å². The number of aromatic nitrogens is 2. The smallest absolute Gasteiger partial charge is 0.167 e. The predicted molar refractivity (Wildman–Crippen MR) is 57.4 cm³/mol. The molecule has 0 aliphatic heterocycles. The Morgan fingerprint density at radius 1 is 1.44 bits per heavy atom. The van der Waals surface area contributed by atoms with Gasteiger partial charge in [0.1, 0.15) is 11.5 Å². The molecular formula is C12H12N2O2. The molecule has 16 heavy (non-hydrogen) atoms. The van der Waals surface area contributed by atoms with Gasteiger partial charge in [0, 0.05) is 24.5 Å². The van der Waals surface area contributed by atoms with E-state index in [0.29, 0.717) is 6.42 Å². The number of rotatable bonds is 1. The molecule has 0 radical (unpaired) electrons. The van der Waals surface area contributed by atoms with E-state index in [1.165, 1.54) is 0 Å². The van der Waals surface area contributed by atoms with Gasteiger partial charge in [-0.1, -0.05) is 0 Å². The van der Waals surface area contributed by atoms with Gasteiger partial charge in [-0.15, -0.1) is 0 Å². The number of fused-ring (bicyclic) bond motifs is 1. The van der Waals surface area contributed by atoms with Gasteiger partial charge < -0.3 is 4.42 Å². The molecule has 0 unspecified atom stereocenters. The molecule has 0 saturated heterocycles. The molecule has 2 heterocycles. The number of hydrogen-bond donors (Lipinski definition) is 1. The van der Waals surface area contributed by atoms with Gasteiger partial charge in [-0.25, -0.2) is 0 Å². The molecule has 0 aromatic carbocycles. The molecule has 0 fully saturated rings. The van der Waals surface area contributed by atoms with E-state index in [1.54, 1.807) is 6.20 Å². The highest BCUT2D eigenvalue weighted by molar-refractivity contribution is 5.98. The number of aromatic amines is 1. The Kier molecular flexibility index (Phi) is 1.96. The number of Topliss-reactive ketones (excluding diaryl/α,β-unsaturated/α-hetero) is 1. The lowest BCUT2D eigenvalue weighted by molar-refractivity contribution is 0.0960. The average molecular weight is 216 g/mol. The zero-order valence-electron chi connectivity index (χ0n) is 8.99. The van der Waals surface area contributed by atoms with Gasteiger partial charge in [-0.2, -0.15) is 5.10 Å². The Bertz CT molecular complexity index is 539. The highest BCUT2D eigenvalue weighted by Crippen LogP contribution is 2.32. The van der Waals surface area contributed by atoms with Crippen LogP contribution in [0.1, 0.15) is 39.9 Å². The molecule has 1 atom stereocenters. The highest BCUT2D eigenvalue weighted by Gasteiger charge is 2.29. The van der Waals surface area contributed by atoms with Crippen molar-refractivity contribution in [1.29, 1.82) is 0 Å². The molecule has 4 nitrogen and oxygen atoms in total. The van der Waals surface area contributed by atoms with Gasteiger partial charge in [0.05, 0.1) is 11.8 Å². The molecule has 1 aliphatic carbocycles. The largest absolute Gasteiger partial charge is 0.466 e. The first-order chi connectivity index (χ1) is 7.74. The molecule has 1 N–H and O–H groups in total. The Hall–Kier alpha value is -1.84. The lowest BCUT2D eigenvalue weighted by atomic mass is 9.86. The van der Waals surface area contributed by atoms with E-state index in [1.807, 2.05) is 19.1 Å². The Labute approximate surface area is 92.7 Å². The molecule has 0 bridgehead atoms. The van der Waals surface area contributed by atoms with Crippen LogP contribution in [0.3, 0.4) is 0 Å². The molecule has 2 aromatic rings. The van der Waals surface area contributed by atoms with Crippen molar-refractivity contribution in [1.82, 2.24) is 10.2 Å². The molecule has 0 spiro atoms. The summed E-state index contributed by atoms with van der Waals surface area (Å²) in [5, 5.41) is 6.79. The second-order valence-corrected chi connectivity index (χ2v) is 4.24. The lowest BCUT2D eigenvalue weighted by Gasteiger charge is -2.18. The molecule has 0 saturated carbocycles. The summed E-state index contributed by atoms with van der Waals surface area (Å²) in [4.78, 5) is 11.8. The molecule has 1 aliphatic rings. The lowest BCUT2D eigenvalue weighted by Crippen LogP contribution is -2.17. The van der Waals surface area contributed by atoms with E-state index in [2.05, 4.69) is 10.2 Å². The third-order valence-corrected chi connectivity index (χ3v) is 3.06. The Balaban J connectivity index is 1.94. The van der Waals surface area contributed by atoms with Crippen LogP contribution < -0.4 is 0 Å².